The molecule has 4 nitrogen and oxygen atoms in total. The van der Waals surface area contributed by atoms with Crippen LogP contribution in [0.1, 0.15) is 5.56 Å². The minimum atomic E-state index is -0.445. The molecule has 0 amide bonds. The number of anilines is 1. The van der Waals surface area contributed by atoms with Crippen LogP contribution in [0.4, 0.5) is 11.4 Å². The van der Waals surface area contributed by atoms with Crippen molar-refractivity contribution < 1.29 is 4.92 Å². The molecule has 0 fully saturated rings. The summed E-state index contributed by atoms with van der Waals surface area (Å²) in [5, 5.41) is 11.2. The Labute approximate surface area is 116 Å². The quantitative estimate of drug-likeness (QED) is 0.629. The van der Waals surface area contributed by atoms with Crippen molar-refractivity contribution >= 4 is 23.0 Å². The first-order valence-corrected chi connectivity index (χ1v) is 6.15. The summed E-state index contributed by atoms with van der Waals surface area (Å²) in [6.45, 7) is 0.585. The molecule has 0 saturated carbocycles. The number of halogens is 1. The molecule has 2 aromatic carbocycles. The van der Waals surface area contributed by atoms with Crippen LogP contribution in [0.3, 0.4) is 0 Å². The molecular formula is C14H13ClN2O2. The van der Waals surface area contributed by atoms with Crippen molar-refractivity contribution in [3.05, 3.63) is 69.2 Å². The maximum atomic E-state index is 11.1. The van der Waals surface area contributed by atoms with Gasteiger partial charge in [0, 0.05) is 13.6 Å². The van der Waals surface area contributed by atoms with Crippen LogP contribution in [0.15, 0.2) is 48.5 Å². The fourth-order valence-corrected chi connectivity index (χ4v) is 2.17. The second kappa shape index (κ2) is 5.71. The summed E-state index contributed by atoms with van der Waals surface area (Å²) >= 11 is 5.90. The SMILES string of the molecule is CN(Cc1ccccc1)c1cccc(Cl)c1[N+](=O)[O-]. The van der Waals surface area contributed by atoms with Crippen LogP contribution < -0.4 is 4.90 Å². The van der Waals surface area contributed by atoms with Gasteiger partial charge >= 0.3 is 5.69 Å². The molecule has 5 heteroatoms. The lowest BCUT2D eigenvalue weighted by Gasteiger charge is -2.19. The predicted octanol–water partition coefficient (Wildman–Crippen LogP) is 3.88. The van der Waals surface area contributed by atoms with E-state index in [0.29, 0.717) is 12.2 Å². The highest BCUT2D eigenvalue weighted by atomic mass is 35.5. The predicted molar refractivity (Wildman–Crippen MR) is 76.7 cm³/mol. The van der Waals surface area contributed by atoms with Gasteiger partial charge in [0.1, 0.15) is 10.7 Å². The third-order valence-corrected chi connectivity index (χ3v) is 3.13. The topological polar surface area (TPSA) is 46.4 Å². The molecule has 0 aliphatic rings. The van der Waals surface area contributed by atoms with Gasteiger partial charge in [0.25, 0.3) is 0 Å². The highest BCUT2D eigenvalue weighted by molar-refractivity contribution is 6.33. The Morgan fingerprint density at radius 1 is 1.16 bits per heavy atom. The first kappa shape index (κ1) is 13.4. The number of para-hydroxylation sites is 1. The second-order valence-corrected chi connectivity index (χ2v) is 4.61. The molecular weight excluding hydrogens is 264 g/mol. The molecule has 2 aromatic rings. The third kappa shape index (κ3) is 3.03. The number of benzene rings is 2. The van der Waals surface area contributed by atoms with E-state index in [9.17, 15) is 10.1 Å². The van der Waals surface area contributed by atoms with Gasteiger partial charge in [-0.05, 0) is 17.7 Å². The van der Waals surface area contributed by atoms with E-state index < -0.39 is 4.92 Å². The first-order valence-electron chi connectivity index (χ1n) is 5.77. The molecule has 0 N–H and O–H groups in total. The van der Waals surface area contributed by atoms with Crippen molar-refractivity contribution in [1.82, 2.24) is 0 Å². The second-order valence-electron chi connectivity index (χ2n) is 4.21. The molecule has 0 aromatic heterocycles. The minimum absolute atomic E-state index is 0.0532. The monoisotopic (exact) mass is 276 g/mol. The Morgan fingerprint density at radius 2 is 1.84 bits per heavy atom. The fraction of sp³-hybridized carbons (Fsp3) is 0.143. The van der Waals surface area contributed by atoms with E-state index in [1.54, 1.807) is 12.1 Å². The standard InChI is InChI=1S/C14H13ClN2O2/c1-16(10-11-6-3-2-4-7-11)13-9-5-8-12(15)14(13)17(18)19/h2-9H,10H2,1H3. The lowest BCUT2D eigenvalue weighted by molar-refractivity contribution is -0.384. The van der Waals surface area contributed by atoms with Crippen molar-refractivity contribution in [2.75, 3.05) is 11.9 Å². The number of hydrogen-bond acceptors (Lipinski definition) is 3. The van der Waals surface area contributed by atoms with E-state index in [1.807, 2.05) is 42.3 Å². The van der Waals surface area contributed by atoms with Crippen LogP contribution in [0.25, 0.3) is 0 Å². The number of nitro groups is 1. The molecule has 0 unspecified atom stereocenters. The van der Waals surface area contributed by atoms with Crippen molar-refractivity contribution in [2.24, 2.45) is 0 Å². The normalized spacial score (nSPS) is 10.2. The van der Waals surface area contributed by atoms with Gasteiger partial charge in [-0.15, -0.1) is 0 Å². The van der Waals surface area contributed by atoms with Crippen molar-refractivity contribution in [3.63, 3.8) is 0 Å². The molecule has 0 aliphatic carbocycles. The van der Waals surface area contributed by atoms with Gasteiger partial charge in [-0.2, -0.15) is 0 Å². The highest BCUT2D eigenvalue weighted by Gasteiger charge is 2.20. The van der Waals surface area contributed by atoms with E-state index in [0.717, 1.165) is 5.56 Å². The molecule has 0 aliphatic heterocycles. The van der Waals surface area contributed by atoms with Gasteiger partial charge in [0.15, 0.2) is 0 Å². The molecule has 0 saturated heterocycles. The van der Waals surface area contributed by atoms with Crippen LogP contribution in [0.2, 0.25) is 5.02 Å². The molecule has 2 rings (SSSR count). The van der Waals surface area contributed by atoms with E-state index in [-0.39, 0.29) is 10.7 Å². The number of hydrogen-bond donors (Lipinski definition) is 0. The van der Waals surface area contributed by atoms with Crippen molar-refractivity contribution in [3.8, 4) is 0 Å². The van der Waals surface area contributed by atoms with E-state index in [4.69, 9.17) is 11.6 Å². The van der Waals surface area contributed by atoms with Gasteiger partial charge in [-0.1, -0.05) is 48.0 Å². The average molecular weight is 277 g/mol. The number of rotatable bonds is 4. The molecule has 19 heavy (non-hydrogen) atoms. The fourth-order valence-electron chi connectivity index (χ4n) is 1.94. The molecule has 0 spiro atoms. The van der Waals surface area contributed by atoms with E-state index in [1.165, 1.54) is 6.07 Å². The first-order chi connectivity index (χ1) is 9.09. The summed E-state index contributed by atoms with van der Waals surface area (Å²) in [5.74, 6) is 0. The summed E-state index contributed by atoms with van der Waals surface area (Å²) in [4.78, 5) is 12.5. The minimum Gasteiger partial charge on any atom is -0.365 e. The largest absolute Gasteiger partial charge is 0.365 e. The zero-order valence-electron chi connectivity index (χ0n) is 10.4. The molecule has 0 bridgehead atoms. The third-order valence-electron chi connectivity index (χ3n) is 2.82. The Kier molecular flexibility index (Phi) is 4.02. The maximum absolute atomic E-state index is 11.1. The summed E-state index contributed by atoms with van der Waals surface area (Å²) in [7, 11) is 1.81. The molecule has 0 heterocycles. The van der Waals surface area contributed by atoms with Crippen LogP contribution in [0, 0.1) is 10.1 Å². The van der Waals surface area contributed by atoms with Crippen molar-refractivity contribution in [1.29, 1.82) is 0 Å². The van der Waals surface area contributed by atoms with Crippen LogP contribution in [-0.2, 0) is 6.54 Å². The summed E-state index contributed by atoms with van der Waals surface area (Å²) in [5.41, 5.74) is 1.54. The zero-order valence-corrected chi connectivity index (χ0v) is 11.2. The average Bonchev–Trinajstić information content (AvgIpc) is 2.39. The van der Waals surface area contributed by atoms with E-state index in [2.05, 4.69) is 0 Å². The van der Waals surface area contributed by atoms with Crippen LogP contribution in [0.5, 0.6) is 0 Å². The Balaban J connectivity index is 2.31. The summed E-state index contributed by atoms with van der Waals surface area (Å²) in [6.07, 6.45) is 0. The van der Waals surface area contributed by atoms with Crippen molar-refractivity contribution in [2.45, 2.75) is 6.54 Å². The Bertz CT molecular complexity index is 587. The van der Waals surface area contributed by atoms with Gasteiger partial charge in [-0.3, -0.25) is 10.1 Å². The molecule has 0 radical (unpaired) electrons. The van der Waals surface area contributed by atoms with Crippen LogP contribution >= 0.6 is 11.6 Å². The van der Waals surface area contributed by atoms with Gasteiger partial charge < -0.3 is 4.90 Å². The van der Waals surface area contributed by atoms with E-state index >= 15 is 0 Å². The highest BCUT2D eigenvalue weighted by Crippen LogP contribution is 2.34. The lowest BCUT2D eigenvalue weighted by atomic mass is 10.2. The molecule has 0 atom stereocenters. The Hall–Kier alpha value is -2.07. The lowest BCUT2D eigenvalue weighted by Crippen LogP contribution is -2.17. The number of nitro benzene ring substituents is 1. The number of nitrogens with zero attached hydrogens (tertiary/aromatic N) is 2. The van der Waals surface area contributed by atoms with Gasteiger partial charge in [-0.25, -0.2) is 0 Å². The zero-order chi connectivity index (χ0) is 13.8. The maximum Gasteiger partial charge on any atom is 0.310 e. The Morgan fingerprint density at radius 3 is 2.47 bits per heavy atom. The summed E-state index contributed by atoms with van der Waals surface area (Å²) < 4.78 is 0. The van der Waals surface area contributed by atoms with Gasteiger partial charge in [0.05, 0.1) is 4.92 Å². The smallest absolute Gasteiger partial charge is 0.310 e. The summed E-state index contributed by atoms with van der Waals surface area (Å²) in [6, 6.07) is 14.7. The molecule has 98 valence electrons. The van der Waals surface area contributed by atoms with Gasteiger partial charge in [0.2, 0.25) is 0 Å². The van der Waals surface area contributed by atoms with Crippen LogP contribution in [-0.4, -0.2) is 12.0 Å².